The Morgan fingerprint density at radius 2 is 1.60 bits per heavy atom. The van der Waals surface area contributed by atoms with E-state index in [1.54, 1.807) is 12.1 Å². The van der Waals surface area contributed by atoms with Gasteiger partial charge in [-0.25, -0.2) is 9.37 Å². The molecular formula is C21H18FN3. The van der Waals surface area contributed by atoms with Crippen LogP contribution in [0.2, 0.25) is 0 Å². The largest absolute Gasteiger partial charge is 0.339 e. The maximum absolute atomic E-state index is 14.4. The van der Waals surface area contributed by atoms with E-state index in [9.17, 15) is 4.39 Å². The van der Waals surface area contributed by atoms with Gasteiger partial charge in [0.1, 0.15) is 23.0 Å². The lowest BCUT2D eigenvalue weighted by atomic mass is 10.1. The van der Waals surface area contributed by atoms with Crippen molar-refractivity contribution in [2.24, 2.45) is 0 Å². The van der Waals surface area contributed by atoms with Gasteiger partial charge in [-0.3, -0.25) is 4.40 Å². The maximum atomic E-state index is 14.4. The van der Waals surface area contributed by atoms with Crippen molar-refractivity contribution in [3.05, 3.63) is 83.8 Å². The Labute approximate surface area is 145 Å². The van der Waals surface area contributed by atoms with Crippen molar-refractivity contribution in [1.82, 2.24) is 9.38 Å². The molecule has 2 heterocycles. The normalized spacial score (nSPS) is 11.0. The van der Waals surface area contributed by atoms with Crippen LogP contribution in [0.1, 0.15) is 11.1 Å². The second kappa shape index (κ2) is 6.06. The molecule has 0 fully saturated rings. The second-order valence-corrected chi connectivity index (χ2v) is 6.11. The molecule has 0 spiro atoms. The van der Waals surface area contributed by atoms with Crippen LogP contribution in [-0.4, -0.2) is 9.38 Å². The number of hydrogen-bond donors (Lipinski definition) is 1. The van der Waals surface area contributed by atoms with Crippen LogP contribution in [0, 0.1) is 19.7 Å². The van der Waals surface area contributed by atoms with Gasteiger partial charge in [-0.1, -0.05) is 36.4 Å². The molecule has 0 saturated carbocycles. The van der Waals surface area contributed by atoms with Gasteiger partial charge in [0.25, 0.3) is 0 Å². The molecule has 0 atom stereocenters. The highest BCUT2D eigenvalue weighted by atomic mass is 19.1. The number of imidazole rings is 1. The first-order chi connectivity index (χ1) is 12.1. The van der Waals surface area contributed by atoms with E-state index in [0.717, 1.165) is 28.3 Å². The van der Waals surface area contributed by atoms with Crippen molar-refractivity contribution in [3.8, 4) is 11.3 Å². The molecule has 4 aromatic rings. The Kier molecular flexibility index (Phi) is 3.73. The van der Waals surface area contributed by atoms with E-state index in [2.05, 4.69) is 36.3 Å². The summed E-state index contributed by atoms with van der Waals surface area (Å²) >= 11 is 0. The molecule has 1 N–H and O–H groups in total. The van der Waals surface area contributed by atoms with Crippen LogP contribution < -0.4 is 5.32 Å². The number of benzene rings is 2. The first kappa shape index (κ1) is 15.4. The first-order valence-corrected chi connectivity index (χ1v) is 8.20. The summed E-state index contributed by atoms with van der Waals surface area (Å²) in [6.07, 6.45) is 1.93. The molecule has 0 amide bonds. The SMILES string of the molecule is Cc1cccc(C)c1Nc1c(-c2ccccc2F)nc2ccccn12. The average molecular weight is 331 g/mol. The van der Waals surface area contributed by atoms with Crippen LogP contribution >= 0.6 is 0 Å². The Morgan fingerprint density at radius 1 is 0.880 bits per heavy atom. The van der Waals surface area contributed by atoms with Gasteiger partial charge in [-0.15, -0.1) is 0 Å². The topological polar surface area (TPSA) is 29.3 Å². The quantitative estimate of drug-likeness (QED) is 0.537. The van der Waals surface area contributed by atoms with Crippen molar-refractivity contribution in [1.29, 1.82) is 0 Å². The molecule has 4 heteroatoms. The highest BCUT2D eigenvalue weighted by Crippen LogP contribution is 2.34. The van der Waals surface area contributed by atoms with E-state index in [4.69, 9.17) is 0 Å². The van der Waals surface area contributed by atoms with Gasteiger partial charge in [-0.2, -0.15) is 0 Å². The van der Waals surface area contributed by atoms with E-state index in [0.29, 0.717) is 11.3 Å². The first-order valence-electron chi connectivity index (χ1n) is 8.20. The van der Waals surface area contributed by atoms with Gasteiger partial charge in [0, 0.05) is 17.4 Å². The Balaban J connectivity index is 1.96. The fourth-order valence-electron chi connectivity index (χ4n) is 3.09. The zero-order valence-corrected chi connectivity index (χ0v) is 14.1. The summed E-state index contributed by atoms with van der Waals surface area (Å²) in [5.74, 6) is 0.480. The van der Waals surface area contributed by atoms with Gasteiger partial charge in [-0.05, 0) is 49.2 Å². The molecule has 4 rings (SSSR count). The lowest BCUT2D eigenvalue weighted by molar-refractivity contribution is 0.631. The van der Waals surface area contributed by atoms with Gasteiger partial charge in [0.05, 0.1) is 0 Å². The van der Waals surface area contributed by atoms with Crippen LogP contribution in [0.15, 0.2) is 66.9 Å². The van der Waals surface area contributed by atoms with Gasteiger partial charge >= 0.3 is 0 Å². The van der Waals surface area contributed by atoms with Gasteiger partial charge < -0.3 is 5.32 Å². The van der Waals surface area contributed by atoms with Crippen molar-refractivity contribution >= 4 is 17.2 Å². The lowest BCUT2D eigenvalue weighted by Crippen LogP contribution is -2.01. The number of pyridine rings is 1. The summed E-state index contributed by atoms with van der Waals surface area (Å²) in [4.78, 5) is 4.66. The maximum Gasteiger partial charge on any atom is 0.143 e. The Morgan fingerprint density at radius 3 is 2.36 bits per heavy atom. The minimum absolute atomic E-state index is 0.282. The van der Waals surface area contributed by atoms with Crippen LogP contribution in [0.3, 0.4) is 0 Å². The fraction of sp³-hybridized carbons (Fsp3) is 0.0952. The van der Waals surface area contributed by atoms with E-state index >= 15 is 0 Å². The Hall–Kier alpha value is -3.14. The van der Waals surface area contributed by atoms with Crippen LogP contribution in [0.5, 0.6) is 0 Å². The second-order valence-electron chi connectivity index (χ2n) is 6.11. The predicted octanol–water partition coefficient (Wildman–Crippen LogP) is 5.50. The number of aromatic nitrogens is 2. The molecule has 2 aromatic carbocycles. The molecule has 0 saturated heterocycles. The predicted molar refractivity (Wildman–Crippen MR) is 99.8 cm³/mol. The number of rotatable bonds is 3. The minimum atomic E-state index is -0.282. The van der Waals surface area contributed by atoms with Crippen LogP contribution in [-0.2, 0) is 0 Å². The van der Waals surface area contributed by atoms with E-state index in [1.807, 2.05) is 40.9 Å². The van der Waals surface area contributed by atoms with Crippen LogP contribution in [0.4, 0.5) is 15.9 Å². The third-order valence-electron chi connectivity index (χ3n) is 4.38. The number of fused-ring (bicyclic) bond motifs is 1. The summed E-state index contributed by atoms with van der Waals surface area (Å²) in [6, 6.07) is 18.7. The molecule has 2 aromatic heterocycles. The summed E-state index contributed by atoms with van der Waals surface area (Å²) in [6.45, 7) is 4.11. The van der Waals surface area contributed by atoms with E-state index < -0.39 is 0 Å². The van der Waals surface area contributed by atoms with Gasteiger partial charge in [0.15, 0.2) is 0 Å². The number of hydrogen-bond acceptors (Lipinski definition) is 2. The molecule has 3 nitrogen and oxygen atoms in total. The molecule has 25 heavy (non-hydrogen) atoms. The summed E-state index contributed by atoms with van der Waals surface area (Å²) in [7, 11) is 0. The van der Waals surface area contributed by atoms with E-state index in [-0.39, 0.29) is 5.82 Å². The fourth-order valence-corrected chi connectivity index (χ4v) is 3.09. The van der Waals surface area contributed by atoms with Gasteiger partial charge in [0.2, 0.25) is 0 Å². The molecule has 0 radical (unpaired) electrons. The summed E-state index contributed by atoms with van der Waals surface area (Å²) < 4.78 is 16.4. The van der Waals surface area contributed by atoms with Crippen molar-refractivity contribution in [3.63, 3.8) is 0 Å². The number of aryl methyl sites for hydroxylation is 2. The smallest absolute Gasteiger partial charge is 0.143 e. The zero-order chi connectivity index (χ0) is 17.4. The lowest BCUT2D eigenvalue weighted by Gasteiger charge is -2.14. The average Bonchev–Trinajstić information content (AvgIpc) is 2.97. The molecule has 0 unspecified atom stereocenters. The third-order valence-corrected chi connectivity index (χ3v) is 4.38. The Bertz CT molecular complexity index is 1050. The molecule has 0 aliphatic rings. The molecule has 0 aliphatic heterocycles. The summed E-state index contributed by atoms with van der Waals surface area (Å²) in [5, 5.41) is 3.49. The number of nitrogens with one attached hydrogen (secondary N) is 1. The monoisotopic (exact) mass is 331 g/mol. The van der Waals surface area contributed by atoms with Crippen LogP contribution in [0.25, 0.3) is 16.9 Å². The van der Waals surface area contributed by atoms with Crippen molar-refractivity contribution in [2.45, 2.75) is 13.8 Å². The molecule has 0 aliphatic carbocycles. The van der Waals surface area contributed by atoms with E-state index in [1.165, 1.54) is 6.07 Å². The highest BCUT2D eigenvalue weighted by Gasteiger charge is 2.18. The zero-order valence-electron chi connectivity index (χ0n) is 14.1. The summed E-state index contributed by atoms with van der Waals surface area (Å²) in [5.41, 5.74) is 5.14. The highest BCUT2D eigenvalue weighted by molar-refractivity contribution is 5.81. The molecule has 0 bridgehead atoms. The van der Waals surface area contributed by atoms with Crippen molar-refractivity contribution < 1.29 is 4.39 Å². The van der Waals surface area contributed by atoms with Crippen molar-refractivity contribution in [2.75, 3.05) is 5.32 Å². The molecule has 124 valence electrons. The number of para-hydroxylation sites is 1. The molecular weight excluding hydrogens is 313 g/mol. The number of anilines is 2. The minimum Gasteiger partial charge on any atom is -0.339 e. The number of halogens is 1. The third kappa shape index (κ3) is 2.66. The number of nitrogens with zero attached hydrogens (tertiary/aromatic N) is 2. The standard InChI is InChI=1S/C21H18FN3/c1-14-8-7-9-15(2)19(14)24-21-20(16-10-3-4-11-17(16)22)23-18-12-5-6-13-25(18)21/h3-13,24H,1-2H3.